The fourth-order valence-electron chi connectivity index (χ4n) is 3.80. The van der Waals surface area contributed by atoms with Crippen LogP contribution in [0.1, 0.15) is 52.6 Å². The molecule has 0 aliphatic heterocycles. The van der Waals surface area contributed by atoms with E-state index < -0.39 is 0 Å². The van der Waals surface area contributed by atoms with Gasteiger partial charge in [-0.05, 0) is 42.5 Å². The Kier molecular flexibility index (Phi) is 4.29. The Morgan fingerprint density at radius 3 is 2.54 bits per heavy atom. The summed E-state index contributed by atoms with van der Waals surface area (Å²) in [7, 11) is 0. The third-order valence-electron chi connectivity index (χ3n) is 4.98. The third kappa shape index (κ3) is 2.70. The molecule has 0 amide bonds. The van der Waals surface area contributed by atoms with Gasteiger partial charge < -0.3 is 0 Å². The molecule has 0 N–H and O–H groups in total. The zero-order chi connectivity index (χ0) is 18.1. The van der Waals surface area contributed by atoms with Crippen LogP contribution in [0.15, 0.2) is 60.2 Å². The van der Waals surface area contributed by atoms with Crippen molar-refractivity contribution in [2.75, 3.05) is 0 Å². The van der Waals surface area contributed by atoms with Crippen LogP contribution in [-0.4, -0.2) is 16.3 Å². The predicted molar refractivity (Wildman–Crippen MR) is 105 cm³/mol. The molecular formula is C23H21NO2. The van der Waals surface area contributed by atoms with Gasteiger partial charge in [0.05, 0.1) is 5.52 Å². The number of para-hydroxylation sites is 1. The van der Waals surface area contributed by atoms with Crippen molar-refractivity contribution in [2.24, 2.45) is 0 Å². The number of hydrogen-bond donors (Lipinski definition) is 0. The Balaban J connectivity index is 1.89. The molecule has 0 saturated carbocycles. The van der Waals surface area contributed by atoms with Crippen molar-refractivity contribution in [2.45, 2.75) is 32.6 Å². The van der Waals surface area contributed by atoms with Crippen LogP contribution in [0.5, 0.6) is 0 Å². The van der Waals surface area contributed by atoms with Crippen LogP contribution in [0, 0.1) is 0 Å². The van der Waals surface area contributed by atoms with Crippen molar-refractivity contribution < 1.29 is 9.59 Å². The Bertz CT molecular complexity index is 1030. The standard InChI is InChI=1S/C23H21NO2/c1-2-8-21(25)24-20-12-7-6-11-18(20)19-14-13-17(23(26)22(19)24)15-16-9-4-3-5-10-16/h3-7,9-12,15H,2,8,13-14H2,1H3/b17-15+. The van der Waals surface area contributed by atoms with Crippen molar-refractivity contribution in [3.8, 4) is 0 Å². The van der Waals surface area contributed by atoms with Gasteiger partial charge in [0.15, 0.2) is 0 Å². The highest BCUT2D eigenvalue weighted by atomic mass is 16.2. The largest absolute Gasteiger partial charge is 0.287 e. The van der Waals surface area contributed by atoms with E-state index in [0.29, 0.717) is 18.5 Å². The van der Waals surface area contributed by atoms with Crippen LogP contribution < -0.4 is 0 Å². The van der Waals surface area contributed by atoms with Crippen molar-refractivity contribution in [3.05, 3.63) is 77.0 Å². The highest BCUT2D eigenvalue weighted by molar-refractivity contribution is 6.17. The van der Waals surface area contributed by atoms with Gasteiger partial charge in [0.25, 0.3) is 0 Å². The first-order valence-corrected chi connectivity index (χ1v) is 9.16. The van der Waals surface area contributed by atoms with E-state index in [1.807, 2.05) is 67.6 Å². The molecule has 1 aliphatic rings. The Morgan fingerprint density at radius 2 is 1.77 bits per heavy atom. The van der Waals surface area contributed by atoms with E-state index in [9.17, 15) is 9.59 Å². The lowest BCUT2D eigenvalue weighted by molar-refractivity contribution is 0.0886. The van der Waals surface area contributed by atoms with Crippen LogP contribution in [0.4, 0.5) is 0 Å². The Hall–Kier alpha value is -2.94. The highest BCUT2D eigenvalue weighted by Gasteiger charge is 2.30. The van der Waals surface area contributed by atoms with E-state index in [1.54, 1.807) is 4.57 Å². The minimum absolute atomic E-state index is 0.000684. The molecule has 0 spiro atoms. The number of carbonyl (C=O) groups is 2. The molecule has 26 heavy (non-hydrogen) atoms. The topological polar surface area (TPSA) is 39.1 Å². The zero-order valence-electron chi connectivity index (χ0n) is 14.9. The first kappa shape index (κ1) is 16.5. The fraction of sp³-hybridized carbons (Fsp3) is 0.217. The van der Waals surface area contributed by atoms with Crippen LogP contribution >= 0.6 is 0 Å². The molecule has 2 aromatic carbocycles. The molecule has 3 heteroatoms. The number of fused-ring (bicyclic) bond motifs is 3. The second-order valence-corrected chi connectivity index (χ2v) is 6.73. The molecule has 0 fully saturated rings. The average Bonchev–Trinajstić information content (AvgIpc) is 3.00. The number of carbonyl (C=O) groups excluding carboxylic acids is 2. The maximum Gasteiger partial charge on any atom is 0.231 e. The molecule has 0 bridgehead atoms. The average molecular weight is 343 g/mol. The molecule has 0 unspecified atom stereocenters. The van der Waals surface area contributed by atoms with Crippen molar-refractivity contribution in [1.82, 2.24) is 4.57 Å². The summed E-state index contributed by atoms with van der Waals surface area (Å²) in [4.78, 5) is 26.1. The molecule has 0 saturated heterocycles. The smallest absolute Gasteiger partial charge is 0.231 e. The quantitative estimate of drug-likeness (QED) is 0.606. The second kappa shape index (κ2) is 6.75. The lowest BCUT2D eigenvalue weighted by atomic mass is 9.89. The summed E-state index contributed by atoms with van der Waals surface area (Å²) in [5.74, 6) is -0.0185. The summed E-state index contributed by atoms with van der Waals surface area (Å²) in [6.07, 6.45) is 4.65. The SMILES string of the molecule is CCCC(=O)n1c2c(c3ccccc31)CC/C(=C\c1ccccc1)C2=O. The first-order valence-electron chi connectivity index (χ1n) is 9.16. The van der Waals surface area contributed by atoms with Gasteiger partial charge in [-0.3, -0.25) is 14.2 Å². The molecule has 4 rings (SSSR count). The van der Waals surface area contributed by atoms with E-state index in [2.05, 4.69) is 0 Å². The number of hydrogen-bond acceptors (Lipinski definition) is 2. The van der Waals surface area contributed by atoms with Gasteiger partial charge in [-0.2, -0.15) is 0 Å². The van der Waals surface area contributed by atoms with Crippen molar-refractivity contribution in [1.29, 1.82) is 0 Å². The lowest BCUT2D eigenvalue weighted by Gasteiger charge is -2.17. The van der Waals surface area contributed by atoms with Gasteiger partial charge in [-0.1, -0.05) is 55.5 Å². The summed E-state index contributed by atoms with van der Waals surface area (Å²) >= 11 is 0. The highest BCUT2D eigenvalue weighted by Crippen LogP contribution is 2.35. The lowest BCUT2D eigenvalue weighted by Crippen LogP contribution is -2.22. The normalized spacial score (nSPS) is 15.4. The molecule has 0 atom stereocenters. The molecule has 0 radical (unpaired) electrons. The number of aryl methyl sites for hydroxylation is 1. The van der Waals surface area contributed by atoms with Gasteiger partial charge in [-0.25, -0.2) is 0 Å². The monoisotopic (exact) mass is 343 g/mol. The Morgan fingerprint density at radius 1 is 1.04 bits per heavy atom. The summed E-state index contributed by atoms with van der Waals surface area (Å²) in [6.45, 7) is 1.98. The third-order valence-corrected chi connectivity index (χ3v) is 4.98. The predicted octanol–water partition coefficient (Wildman–Crippen LogP) is 5.29. The second-order valence-electron chi connectivity index (χ2n) is 6.73. The van der Waals surface area contributed by atoms with Gasteiger partial charge in [0.1, 0.15) is 5.69 Å². The van der Waals surface area contributed by atoms with Gasteiger partial charge >= 0.3 is 0 Å². The number of allylic oxidation sites excluding steroid dienone is 1. The summed E-state index contributed by atoms with van der Waals surface area (Å²) < 4.78 is 1.66. The zero-order valence-corrected chi connectivity index (χ0v) is 14.9. The minimum atomic E-state index is -0.0178. The molecule has 1 aliphatic carbocycles. The first-order chi connectivity index (χ1) is 12.7. The summed E-state index contributed by atoms with van der Waals surface area (Å²) in [6, 6.07) is 17.7. The van der Waals surface area contributed by atoms with Crippen LogP contribution in [0.3, 0.4) is 0 Å². The van der Waals surface area contributed by atoms with Crippen molar-refractivity contribution in [3.63, 3.8) is 0 Å². The summed E-state index contributed by atoms with van der Waals surface area (Å²) in [5, 5.41) is 1.03. The molecular weight excluding hydrogens is 322 g/mol. The molecule has 1 heterocycles. The fourth-order valence-corrected chi connectivity index (χ4v) is 3.80. The molecule has 1 aromatic heterocycles. The van der Waals surface area contributed by atoms with E-state index in [0.717, 1.165) is 40.4 Å². The Labute approximate surface area is 153 Å². The number of rotatable bonds is 3. The maximum atomic E-state index is 13.3. The number of aromatic nitrogens is 1. The van der Waals surface area contributed by atoms with Gasteiger partial charge in [0, 0.05) is 17.4 Å². The van der Waals surface area contributed by atoms with E-state index >= 15 is 0 Å². The summed E-state index contributed by atoms with van der Waals surface area (Å²) in [5.41, 5.74) is 4.22. The molecule has 130 valence electrons. The van der Waals surface area contributed by atoms with Gasteiger partial charge in [-0.15, -0.1) is 0 Å². The number of Topliss-reactive ketones (excluding diaryl/α,β-unsaturated/α-hetero) is 1. The van der Waals surface area contributed by atoms with Crippen molar-refractivity contribution >= 4 is 28.7 Å². The molecule has 3 aromatic rings. The van der Waals surface area contributed by atoms with Crippen LogP contribution in [0.2, 0.25) is 0 Å². The number of ketones is 1. The van der Waals surface area contributed by atoms with E-state index in [1.165, 1.54) is 0 Å². The minimum Gasteiger partial charge on any atom is -0.287 e. The van der Waals surface area contributed by atoms with Crippen LogP contribution in [0.25, 0.3) is 17.0 Å². The van der Waals surface area contributed by atoms with Gasteiger partial charge in [0.2, 0.25) is 11.7 Å². The number of benzene rings is 2. The van der Waals surface area contributed by atoms with Crippen LogP contribution in [-0.2, 0) is 6.42 Å². The van der Waals surface area contributed by atoms with E-state index in [-0.39, 0.29) is 11.7 Å². The number of nitrogens with zero attached hydrogens (tertiary/aromatic N) is 1. The van der Waals surface area contributed by atoms with E-state index in [4.69, 9.17) is 0 Å². The molecule has 3 nitrogen and oxygen atoms in total. The maximum absolute atomic E-state index is 13.3.